The predicted octanol–water partition coefficient (Wildman–Crippen LogP) is 4.45. The fraction of sp³-hybridized carbons (Fsp3) is 0.391. The minimum Gasteiger partial charge on any atom is -0.475 e. The van der Waals surface area contributed by atoms with Crippen molar-refractivity contribution in [3.05, 3.63) is 65.4 Å². The summed E-state index contributed by atoms with van der Waals surface area (Å²) in [6, 6.07) is 4.57. The molecule has 7 nitrogen and oxygen atoms in total. The molecular formula is C23H23F4N5O2. The fourth-order valence-electron chi connectivity index (χ4n) is 4.15. The van der Waals surface area contributed by atoms with Crippen LogP contribution in [0.15, 0.2) is 42.9 Å². The fourth-order valence-corrected chi connectivity index (χ4v) is 4.15. The quantitative estimate of drug-likeness (QED) is 0.508. The number of ether oxygens (including phenoxy) is 1. The third-order valence-corrected chi connectivity index (χ3v) is 5.90. The van der Waals surface area contributed by atoms with Crippen molar-refractivity contribution in [2.75, 3.05) is 13.2 Å². The SMILES string of the molecule is Cc1cc(F)c(-n2nccn2)c(C(=O)N2CCC[C@@H](C)[C@H]2COc2ccc(C(F)(F)F)cn2)c1. The first-order chi connectivity index (χ1) is 16.1. The van der Waals surface area contributed by atoms with Crippen molar-refractivity contribution in [3.63, 3.8) is 0 Å². The molecule has 34 heavy (non-hydrogen) atoms. The van der Waals surface area contributed by atoms with E-state index in [1.165, 1.54) is 18.5 Å². The van der Waals surface area contributed by atoms with Gasteiger partial charge in [-0.1, -0.05) is 6.92 Å². The molecule has 0 aliphatic carbocycles. The molecule has 0 spiro atoms. The molecule has 1 aliphatic rings. The molecule has 180 valence electrons. The summed E-state index contributed by atoms with van der Waals surface area (Å²) in [6.45, 7) is 4.13. The summed E-state index contributed by atoms with van der Waals surface area (Å²) in [6.07, 6.45) is 0.604. The second-order valence-corrected chi connectivity index (χ2v) is 8.34. The van der Waals surface area contributed by atoms with Gasteiger partial charge in [-0.05, 0) is 49.4 Å². The van der Waals surface area contributed by atoms with Crippen LogP contribution in [-0.4, -0.2) is 50.0 Å². The highest BCUT2D eigenvalue weighted by molar-refractivity contribution is 5.98. The van der Waals surface area contributed by atoms with Gasteiger partial charge in [-0.3, -0.25) is 4.79 Å². The Morgan fingerprint density at radius 2 is 1.94 bits per heavy atom. The lowest BCUT2D eigenvalue weighted by Crippen LogP contribution is -2.51. The Labute approximate surface area is 193 Å². The van der Waals surface area contributed by atoms with E-state index in [2.05, 4.69) is 15.2 Å². The molecule has 2 aromatic heterocycles. The van der Waals surface area contributed by atoms with Gasteiger partial charge in [0, 0.05) is 18.8 Å². The molecule has 0 N–H and O–H groups in total. The standard InChI is InChI=1S/C23H23F4N5O2/c1-14-10-17(21(18(24)11-14)32-29-7-8-30-32)22(33)31-9-3-4-15(2)19(31)13-34-20-6-5-16(12-28-20)23(25,26)27/h5-8,10-12,15,19H,3-4,9,13H2,1-2H3/t15-,19-/m1/s1. The number of hydrogen-bond acceptors (Lipinski definition) is 5. The van der Waals surface area contributed by atoms with Crippen LogP contribution in [0.25, 0.3) is 5.69 Å². The number of amides is 1. The van der Waals surface area contributed by atoms with E-state index in [0.717, 1.165) is 29.8 Å². The molecule has 1 amide bonds. The normalized spacial score (nSPS) is 18.7. The minimum atomic E-state index is -4.49. The Morgan fingerprint density at radius 1 is 1.21 bits per heavy atom. The van der Waals surface area contributed by atoms with Crippen molar-refractivity contribution < 1.29 is 27.1 Å². The number of likely N-dealkylation sites (tertiary alicyclic amines) is 1. The monoisotopic (exact) mass is 477 g/mol. The van der Waals surface area contributed by atoms with Crippen molar-refractivity contribution in [2.24, 2.45) is 5.92 Å². The summed E-state index contributed by atoms with van der Waals surface area (Å²) in [5.74, 6) is -0.934. The van der Waals surface area contributed by atoms with Crippen LogP contribution in [0, 0.1) is 18.7 Å². The first-order valence-electron chi connectivity index (χ1n) is 10.8. The van der Waals surface area contributed by atoms with Crippen LogP contribution in [0.3, 0.4) is 0 Å². The maximum Gasteiger partial charge on any atom is 0.417 e. The highest BCUT2D eigenvalue weighted by atomic mass is 19.4. The molecule has 3 aromatic rings. The Hall–Kier alpha value is -3.50. The van der Waals surface area contributed by atoms with E-state index in [-0.39, 0.29) is 35.7 Å². The van der Waals surface area contributed by atoms with E-state index in [4.69, 9.17) is 4.74 Å². The first-order valence-corrected chi connectivity index (χ1v) is 10.8. The van der Waals surface area contributed by atoms with Gasteiger partial charge in [-0.2, -0.15) is 23.4 Å². The van der Waals surface area contributed by atoms with Crippen molar-refractivity contribution >= 4 is 5.91 Å². The molecule has 0 bridgehead atoms. The number of halogens is 4. The van der Waals surface area contributed by atoms with E-state index in [1.807, 2.05) is 6.92 Å². The number of nitrogens with zero attached hydrogens (tertiary/aromatic N) is 5. The number of aryl methyl sites for hydroxylation is 1. The lowest BCUT2D eigenvalue weighted by molar-refractivity contribution is -0.137. The number of rotatable bonds is 5. The smallest absolute Gasteiger partial charge is 0.417 e. The van der Waals surface area contributed by atoms with Crippen LogP contribution < -0.4 is 4.74 Å². The number of piperidine rings is 1. The van der Waals surface area contributed by atoms with Gasteiger partial charge in [0.05, 0.1) is 29.6 Å². The second kappa shape index (κ2) is 9.40. The molecule has 0 radical (unpaired) electrons. The van der Waals surface area contributed by atoms with Crippen LogP contribution in [0.5, 0.6) is 5.88 Å². The summed E-state index contributed by atoms with van der Waals surface area (Å²) >= 11 is 0. The number of hydrogen-bond donors (Lipinski definition) is 0. The number of alkyl halides is 3. The van der Waals surface area contributed by atoms with Gasteiger partial charge >= 0.3 is 6.18 Å². The van der Waals surface area contributed by atoms with Crippen LogP contribution in [-0.2, 0) is 6.18 Å². The topological polar surface area (TPSA) is 73.1 Å². The van der Waals surface area contributed by atoms with E-state index in [0.29, 0.717) is 18.3 Å². The lowest BCUT2D eigenvalue weighted by Gasteiger charge is -2.40. The van der Waals surface area contributed by atoms with Gasteiger partial charge in [0.25, 0.3) is 5.91 Å². The molecule has 4 rings (SSSR count). The van der Waals surface area contributed by atoms with Gasteiger partial charge in [-0.15, -0.1) is 4.80 Å². The zero-order valence-corrected chi connectivity index (χ0v) is 18.6. The van der Waals surface area contributed by atoms with Crippen molar-refractivity contribution in [2.45, 2.75) is 38.9 Å². The van der Waals surface area contributed by atoms with Crippen LogP contribution >= 0.6 is 0 Å². The summed E-state index contributed by atoms with van der Waals surface area (Å²) in [5.41, 5.74) is -0.212. The van der Waals surface area contributed by atoms with Crippen LogP contribution in [0.4, 0.5) is 17.6 Å². The van der Waals surface area contributed by atoms with Gasteiger partial charge in [0.1, 0.15) is 12.3 Å². The van der Waals surface area contributed by atoms with Crippen molar-refractivity contribution in [1.29, 1.82) is 0 Å². The largest absolute Gasteiger partial charge is 0.475 e. The first kappa shape index (κ1) is 23.7. The van der Waals surface area contributed by atoms with E-state index >= 15 is 0 Å². The van der Waals surface area contributed by atoms with Crippen molar-refractivity contribution in [3.8, 4) is 11.6 Å². The average Bonchev–Trinajstić information content (AvgIpc) is 3.31. The zero-order valence-electron chi connectivity index (χ0n) is 18.6. The number of carbonyl (C=O) groups is 1. The van der Waals surface area contributed by atoms with Crippen LogP contribution in [0.2, 0.25) is 0 Å². The van der Waals surface area contributed by atoms with E-state index < -0.39 is 23.5 Å². The average molecular weight is 477 g/mol. The van der Waals surface area contributed by atoms with E-state index in [9.17, 15) is 22.4 Å². The molecular weight excluding hydrogens is 454 g/mol. The summed E-state index contributed by atoms with van der Waals surface area (Å²) in [5, 5.41) is 7.96. The van der Waals surface area contributed by atoms with Gasteiger partial charge < -0.3 is 9.64 Å². The molecule has 0 saturated carbocycles. The summed E-state index contributed by atoms with van der Waals surface area (Å²) in [7, 11) is 0. The number of pyridine rings is 1. The van der Waals surface area contributed by atoms with E-state index in [1.54, 1.807) is 17.9 Å². The van der Waals surface area contributed by atoms with Gasteiger partial charge in [0.2, 0.25) is 5.88 Å². The number of benzene rings is 1. The van der Waals surface area contributed by atoms with Gasteiger partial charge in [0.15, 0.2) is 5.82 Å². The maximum atomic E-state index is 14.9. The third-order valence-electron chi connectivity index (χ3n) is 5.90. The van der Waals surface area contributed by atoms with Crippen molar-refractivity contribution in [1.82, 2.24) is 24.9 Å². The Balaban J connectivity index is 1.59. The maximum absolute atomic E-state index is 14.9. The van der Waals surface area contributed by atoms with Crippen LogP contribution in [0.1, 0.15) is 41.3 Å². The third kappa shape index (κ3) is 4.87. The highest BCUT2D eigenvalue weighted by Gasteiger charge is 2.35. The Kier molecular flexibility index (Phi) is 6.54. The summed E-state index contributed by atoms with van der Waals surface area (Å²) in [4.78, 5) is 20.1. The summed E-state index contributed by atoms with van der Waals surface area (Å²) < 4.78 is 58.9. The Bertz CT molecular complexity index is 1150. The minimum absolute atomic E-state index is 0.0289. The molecule has 11 heteroatoms. The highest BCUT2D eigenvalue weighted by Crippen LogP contribution is 2.31. The molecule has 3 heterocycles. The molecule has 2 atom stereocenters. The lowest BCUT2D eigenvalue weighted by atomic mass is 9.90. The Morgan fingerprint density at radius 3 is 2.59 bits per heavy atom. The molecule has 1 aromatic carbocycles. The molecule has 0 unspecified atom stereocenters. The predicted molar refractivity (Wildman–Crippen MR) is 114 cm³/mol. The number of aromatic nitrogens is 4. The second-order valence-electron chi connectivity index (χ2n) is 8.34. The molecule has 1 saturated heterocycles. The molecule has 1 fully saturated rings. The zero-order chi connectivity index (χ0) is 24.5. The molecule has 1 aliphatic heterocycles. The van der Waals surface area contributed by atoms with Gasteiger partial charge in [-0.25, -0.2) is 9.37 Å². The number of carbonyl (C=O) groups excluding carboxylic acids is 1.